The Morgan fingerprint density at radius 2 is 1.92 bits per heavy atom. The molecule has 1 aromatic carbocycles. The Hall–Kier alpha value is -2.02. The minimum absolute atomic E-state index is 0.106. The molecule has 0 aromatic heterocycles. The molecular formula is C19H27NO5S. The lowest BCUT2D eigenvalue weighted by Gasteiger charge is -2.30. The van der Waals surface area contributed by atoms with Gasteiger partial charge in [0.05, 0.1) is 19.0 Å². The minimum atomic E-state index is -3.02. The van der Waals surface area contributed by atoms with E-state index in [-0.39, 0.29) is 16.9 Å². The second kappa shape index (κ2) is 9.07. The van der Waals surface area contributed by atoms with E-state index in [1.807, 2.05) is 25.1 Å². The number of hydrogen-bond donors (Lipinski definition) is 0. The van der Waals surface area contributed by atoms with Gasteiger partial charge >= 0.3 is 0 Å². The maximum absolute atomic E-state index is 12.4. The summed E-state index contributed by atoms with van der Waals surface area (Å²) in [4.78, 5) is 14.1. The fraction of sp³-hybridized carbons (Fsp3) is 0.526. The lowest BCUT2D eigenvalue weighted by Crippen LogP contribution is -2.42. The number of ether oxygens (including phenoxy) is 2. The van der Waals surface area contributed by atoms with Gasteiger partial charge in [-0.3, -0.25) is 4.79 Å². The van der Waals surface area contributed by atoms with Crippen LogP contribution in [0.15, 0.2) is 24.3 Å². The minimum Gasteiger partial charge on any atom is -0.493 e. The lowest BCUT2D eigenvalue weighted by molar-refractivity contribution is -0.126. The van der Waals surface area contributed by atoms with E-state index in [0.717, 1.165) is 5.56 Å². The first-order chi connectivity index (χ1) is 12.4. The molecule has 0 atom stereocenters. The molecule has 144 valence electrons. The summed E-state index contributed by atoms with van der Waals surface area (Å²) in [5, 5.41) is -0.323. The third-order valence-electron chi connectivity index (χ3n) is 4.57. The zero-order chi connectivity index (χ0) is 19.2. The maximum atomic E-state index is 12.4. The van der Waals surface area contributed by atoms with Crippen LogP contribution in [0.2, 0.25) is 0 Å². The van der Waals surface area contributed by atoms with Crippen molar-refractivity contribution in [2.75, 3.05) is 32.6 Å². The first-order valence-electron chi connectivity index (χ1n) is 8.90. The van der Waals surface area contributed by atoms with Crippen molar-refractivity contribution >= 4 is 21.8 Å². The second-order valence-corrected chi connectivity index (χ2v) is 8.72. The molecule has 6 nitrogen and oxygen atoms in total. The molecule has 1 saturated heterocycles. The molecule has 1 aliphatic rings. The van der Waals surface area contributed by atoms with Gasteiger partial charge in [-0.2, -0.15) is 0 Å². The summed E-state index contributed by atoms with van der Waals surface area (Å²) in [5.74, 6) is 1.33. The fourth-order valence-corrected chi connectivity index (χ4v) is 4.41. The maximum Gasteiger partial charge on any atom is 0.246 e. The number of carbonyl (C=O) groups is 1. The number of hydrogen-bond acceptors (Lipinski definition) is 5. The van der Waals surface area contributed by atoms with Gasteiger partial charge in [0.15, 0.2) is 21.3 Å². The lowest BCUT2D eigenvalue weighted by atomic mass is 10.1. The number of benzene rings is 1. The molecule has 7 heteroatoms. The van der Waals surface area contributed by atoms with Crippen LogP contribution in [-0.4, -0.2) is 57.0 Å². The normalized spacial score (nSPS) is 16.0. The summed E-state index contributed by atoms with van der Waals surface area (Å²) >= 11 is 0. The van der Waals surface area contributed by atoms with E-state index in [4.69, 9.17) is 9.47 Å². The zero-order valence-corrected chi connectivity index (χ0v) is 16.4. The molecule has 1 heterocycles. The van der Waals surface area contributed by atoms with Gasteiger partial charge in [-0.25, -0.2) is 8.42 Å². The van der Waals surface area contributed by atoms with Gasteiger partial charge in [0.25, 0.3) is 0 Å². The molecule has 0 saturated carbocycles. The molecule has 26 heavy (non-hydrogen) atoms. The van der Waals surface area contributed by atoms with Gasteiger partial charge in [-0.05, 0) is 43.5 Å². The van der Waals surface area contributed by atoms with Gasteiger partial charge in [0.1, 0.15) is 0 Å². The van der Waals surface area contributed by atoms with Gasteiger partial charge in [0.2, 0.25) is 5.91 Å². The predicted molar refractivity (Wildman–Crippen MR) is 102 cm³/mol. The number of amides is 1. The average molecular weight is 381 g/mol. The van der Waals surface area contributed by atoms with Gasteiger partial charge in [-0.15, -0.1) is 0 Å². The zero-order valence-electron chi connectivity index (χ0n) is 15.6. The van der Waals surface area contributed by atoms with Crippen molar-refractivity contribution in [3.63, 3.8) is 0 Å². The third kappa shape index (κ3) is 5.00. The number of carbonyl (C=O) groups excluding carboxylic acids is 1. The molecule has 0 unspecified atom stereocenters. The quantitative estimate of drug-likeness (QED) is 0.679. The van der Waals surface area contributed by atoms with Crippen LogP contribution in [0.1, 0.15) is 32.3 Å². The van der Waals surface area contributed by atoms with E-state index in [0.29, 0.717) is 44.0 Å². The second-order valence-electron chi connectivity index (χ2n) is 6.15. The highest BCUT2D eigenvalue weighted by Gasteiger charge is 2.29. The topological polar surface area (TPSA) is 72.9 Å². The van der Waals surface area contributed by atoms with Crippen LogP contribution in [0.4, 0.5) is 0 Å². The van der Waals surface area contributed by atoms with E-state index in [1.165, 1.54) is 6.08 Å². The van der Waals surface area contributed by atoms with Crippen molar-refractivity contribution in [2.45, 2.75) is 31.9 Å². The van der Waals surface area contributed by atoms with Crippen molar-refractivity contribution in [1.29, 1.82) is 0 Å². The Morgan fingerprint density at radius 3 is 2.50 bits per heavy atom. The summed E-state index contributed by atoms with van der Waals surface area (Å²) in [6.45, 7) is 5.06. The number of methoxy groups -OCH3 is 1. The highest BCUT2D eigenvalue weighted by molar-refractivity contribution is 7.92. The molecule has 1 fully saturated rings. The number of likely N-dealkylation sites (tertiary alicyclic amines) is 1. The molecule has 0 bridgehead atoms. The predicted octanol–water partition coefficient (Wildman–Crippen LogP) is 2.53. The average Bonchev–Trinajstić information content (AvgIpc) is 2.67. The summed E-state index contributed by atoms with van der Waals surface area (Å²) < 4.78 is 34.7. The van der Waals surface area contributed by atoms with Gasteiger partial charge in [0, 0.05) is 24.9 Å². The molecule has 1 aromatic rings. The summed E-state index contributed by atoms with van der Waals surface area (Å²) in [7, 11) is -1.45. The Balaban J connectivity index is 1.98. The molecule has 0 N–H and O–H groups in total. The van der Waals surface area contributed by atoms with Crippen LogP contribution in [0.3, 0.4) is 0 Å². The van der Waals surface area contributed by atoms with Crippen LogP contribution in [0.5, 0.6) is 11.5 Å². The summed E-state index contributed by atoms with van der Waals surface area (Å²) in [6, 6.07) is 5.49. The number of piperidine rings is 1. The van der Waals surface area contributed by atoms with Crippen LogP contribution in [0.25, 0.3) is 6.08 Å². The molecule has 0 aliphatic carbocycles. The van der Waals surface area contributed by atoms with Crippen LogP contribution >= 0.6 is 0 Å². The third-order valence-corrected chi connectivity index (χ3v) is 6.86. The van der Waals surface area contributed by atoms with Crippen LogP contribution in [-0.2, 0) is 14.6 Å². The van der Waals surface area contributed by atoms with E-state index < -0.39 is 9.84 Å². The monoisotopic (exact) mass is 381 g/mol. The highest BCUT2D eigenvalue weighted by Crippen LogP contribution is 2.28. The molecule has 0 radical (unpaired) electrons. The van der Waals surface area contributed by atoms with E-state index in [2.05, 4.69) is 0 Å². The molecule has 1 aliphatic heterocycles. The molecule has 0 spiro atoms. The largest absolute Gasteiger partial charge is 0.493 e. The van der Waals surface area contributed by atoms with Gasteiger partial charge < -0.3 is 14.4 Å². The number of rotatable bonds is 7. The Morgan fingerprint density at radius 1 is 1.23 bits per heavy atom. The van der Waals surface area contributed by atoms with Crippen molar-refractivity contribution in [3.8, 4) is 11.5 Å². The van der Waals surface area contributed by atoms with Crippen molar-refractivity contribution < 1.29 is 22.7 Å². The Kier molecular flexibility index (Phi) is 7.08. The van der Waals surface area contributed by atoms with E-state index in [9.17, 15) is 13.2 Å². The van der Waals surface area contributed by atoms with Crippen LogP contribution < -0.4 is 9.47 Å². The van der Waals surface area contributed by atoms with Crippen molar-refractivity contribution in [1.82, 2.24) is 4.90 Å². The van der Waals surface area contributed by atoms with E-state index >= 15 is 0 Å². The smallest absolute Gasteiger partial charge is 0.246 e. The highest BCUT2D eigenvalue weighted by atomic mass is 32.2. The summed E-state index contributed by atoms with van der Waals surface area (Å²) in [6.07, 6.45) is 4.26. The standard InChI is InChI=1S/C19H27NO5S/c1-4-25-17-8-6-15(14-18(17)24-3)7-9-19(21)20-12-10-16(11-13-20)26(22,23)5-2/h6-9,14,16H,4-5,10-13H2,1-3H3/b9-7+. The van der Waals surface area contributed by atoms with Gasteiger partial charge in [-0.1, -0.05) is 13.0 Å². The molecule has 2 rings (SSSR count). The fourth-order valence-electron chi connectivity index (χ4n) is 3.01. The van der Waals surface area contributed by atoms with E-state index in [1.54, 1.807) is 25.0 Å². The van der Waals surface area contributed by atoms with Crippen molar-refractivity contribution in [2.24, 2.45) is 0 Å². The Bertz CT molecular complexity index is 749. The number of nitrogens with zero attached hydrogens (tertiary/aromatic N) is 1. The molecule has 1 amide bonds. The molecular weight excluding hydrogens is 354 g/mol. The van der Waals surface area contributed by atoms with Crippen LogP contribution in [0, 0.1) is 0 Å². The first-order valence-corrected chi connectivity index (χ1v) is 10.6. The SMILES string of the molecule is CCOc1ccc(/C=C/C(=O)N2CCC(S(=O)(=O)CC)CC2)cc1OC. The Labute approximate surface area is 155 Å². The number of sulfone groups is 1. The summed E-state index contributed by atoms with van der Waals surface area (Å²) in [5.41, 5.74) is 0.835. The van der Waals surface area contributed by atoms with Crippen molar-refractivity contribution in [3.05, 3.63) is 29.8 Å². The first kappa shape index (κ1) is 20.3.